The van der Waals surface area contributed by atoms with Crippen molar-refractivity contribution in [3.8, 4) is 0 Å². The molecule has 0 radical (unpaired) electrons. The second kappa shape index (κ2) is 9.88. The Hall–Kier alpha value is -3.89. The molecule has 216 valence electrons. The first-order valence-corrected chi connectivity index (χ1v) is 12.8. The SMILES string of the molecule is CC(F)(c1ccc2c(c1)CC[C@H]1N(C(=O)c3cc(F)c(C(=O)O)c(F)c3)CC[C@@]21Cc1ccc(F)cc1)C(F)(F)F. The fourth-order valence-electron chi connectivity index (χ4n) is 6.30. The van der Waals surface area contributed by atoms with Crippen LogP contribution in [0.5, 0.6) is 0 Å². The smallest absolute Gasteiger partial charge is 0.426 e. The molecule has 0 aromatic heterocycles. The number of carboxylic acids is 1. The topological polar surface area (TPSA) is 57.6 Å². The van der Waals surface area contributed by atoms with Gasteiger partial charge < -0.3 is 10.0 Å². The predicted molar refractivity (Wildman–Crippen MR) is 134 cm³/mol. The molecule has 4 nitrogen and oxygen atoms in total. The van der Waals surface area contributed by atoms with E-state index in [0.29, 0.717) is 42.2 Å². The molecular weight excluding hydrogens is 555 g/mol. The lowest BCUT2D eigenvalue weighted by atomic mass is 9.63. The number of nitrogens with zero attached hydrogens (tertiary/aromatic N) is 1. The maximum Gasteiger partial charge on any atom is 0.426 e. The van der Waals surface area contributed by atoms with Gasteiger partial charge in [0.2, 0.25) is 5.67 Å². The first kappa shape index (κ1) is 28.6. The van der Waals surface area contributed by atoms with E-state index in [4.69, 9.17) is 5.11 Å². The van der Waals surface area contributed by atoms with Gasteiger partial charge in [-0.15, -0.1) is 0 Å². The normalized spacial score (nSPS) is 21.7. The maximum atomic E-state index is 14.8. The lowest BCUT2D eigenvalue weighted by molar-refractivity contribution is -0.228. The van der Waals surface area contributed by atoms with Crippen molar-refractivity contribution < 1.29 is 45.4 Å². The summed E-state index contributed by atoms with van der Waals surface area (Å²) >= 11 is 0. The fraction of sp³-hybridized carbons (Fsp3) is 0.333. The largest absolute Gasteiger partial charge is 0.477 e. The van der Waals surface area contributed by atoms with E-state index >= 15 is 0 Å². The summed E-state index contributed by atoms with van der Waals surface area (Å²) in [5, 5.41) is 9.06. The van der Waals surface area contributed by atoms with Gasteiger partial charge in [-0.05, 0) is 79.1 Å². The van der Waals surface area contributed by atoms with Gasteiger partial charge >= 0.3 is 12.1 Å². The first-order valence-electron chi connectivity index (χ1n) is 12.8. The molecule has 11 heteroatoms. The van der Waals surface area contributed by atoms with Crippen LogP contribution in [0, 0.1) is 17.5 Å². The molecule has 3 atom stereocenters. The average Bonchev–Trinajstić information content (AvgIpc) is 3.27. The molecule has 1 amide bonds. The molecule has 1 N–H and O–H groups in total. The van der Waals surface area contributed by atoms with Gasteiger partial charge in [0.15, 0.2) is 0 Å². The highest BCUT2D eigenvalue weighted by Gasteiger charge is 2.55. The lowest BCUT2D eigenvalue weighted by Crippen LogP contribution is -2.49. The summed E-state index contributed by atoms with van der Waals surface area (Å²) in [7, 11) is 0. The average molecular weight is 580 g/mol. The minimum absolute atomic E-state index is 0.124. The van der Waals surface area contributed by atoms with Crippen molar-refractivity contribution in [2.45, 2.75) is 55.9 Å². The van der Waals surface area contributed by atoms with Gasteiger partial charge in [0.25, 0.3) is 5.91 Å². The molecule has 0 spiro atoms. The Labute approximate surface area is 230 Å². The number of amides is 1. The van der Waals surface area contributed by atoms with Crippen LogP contribution in [0.1, 0.15) is 62.7 Å². The molecule has 1 aliphatic carbocycles. The molecule has 0 bridgehead atoms. The number of benzene rings is 3. The molecular formula is C30H24F7NO3. The Kier molecular flexibility index (Phi) is 6.90. The van der Waals surface area contributed by atoms with Crippen LogP contribution in [-0.2, 0) is 23.9 Å². The third kappa shape index (κ3) is 4.74. The number of hydrogen-bond acceptors (Lipinski definition) is 2. The molecule has 1 heterocycles. The zero-order valence-electron chi connectivity index (χ0n) is 21.7. The van der Waals surface area contributed by atoms with Gasteiger partial charge in [-0.2, -0.15) is 13.2 Å². The van der Waals surface area contributed by atoms with Gasteiger partial charge in [0.05, 0.1) is 0 Å². The molecule has 5 rings (SSSR count). The molecule has 2 aliphatic rings. The molecule has 1 saturated heterocycles. The molecule has 1 fully saturated rings. The summed E-state index contributed by atoms with van der Waals surface area (Å²) in [6.07, 6.45) is -4.09. The van der Waals surface area contributed by atoms with Gasteiger partial charge in [-0.25, -0.2) is 22.4 Å². The summed E-state index contributed by atoms with van der Waals surface area (Å²) in [5.41, 5.74) is -4.78. The highest BCUT2D eigenvalue weighted by molar-refractivity contribution is 5.96. The van der Waals surface area contributed by atoms with Crippen LogP contribution in [0.25, 0.3) is 0 Å². The van der Waals surface area contributed by atoms with E-state index in [-0.39, 0.29) is 31.4 Å². The number of carbonyl (C=O) groups excluding carboxylic acids is 1. The van der Waals surface area contributed by atoms with Gasteiger partial charge in [-0.3, -0.25) is 4.79 Å². The molecule has 1 unspecified atom stereocenters. The number of carboxylic acid groups (broad SMARTS) is 1. The summed E-state index contributed by atoms with van der Waals surface area (Å²) in [5.74, 6) is -5.84. The van der Waals surface area contributed by atoms with Crippen molar-refractivity contribution in [3.63, 3.8) is 0 Å². The highest BCUT2D eigenvalue weighted by Crippen LogP contribution is 2.51. The van der Waals surface area contributed by atoms with E-state index in [1.54, 1.807) is 12.1 Å². The number of aromatic carboxylic acids is 1. The Balaban J connectivity index is 1.58. The van der Waals surface area contributed by atoms with Gasteiger partial charge in [-0.1, -0.05) is 30.3 Å². The van der Waals surface area contributed by atoms with E-state index in [1.807, 2.05) is 0 Å². The number of aryl methyl sites for hydroxylation is 1. The number of carbonyl (C=O) groups is 2. The van der Waals surface area contributed by atoms with Crippen LogP contribution >= 0.6 is 0 Å². The minimum Gasteiger partial charge on any atom is -0.477 e. The van der Waals surface area contributed by atoms with Crippen LogP contribution in [0.15, 0.2) is 54.6 Å². The number of fused-ring (bicyclic) bond motifs is 3. The van der Waals surface area contributed by atoms with Crippen LogP contribution < -0.4 is 0 Å². The highest BCUT2D eigenvalue weighted by atomic mass is 19.4. The predicted octanol–water partition coefficient (Wildman–Crippen LogP) is 6.89. The Morgan fingerprint density at radius 1 is 0.976 bits per heavy atom. The van der Waals surface area contributed by atoms with Crippen molar-refractivity contribution in [1.29, 1.82) is 0 Å². The van der Waals surface area contributed by atoms with E-state index < -0.39 is 63.8 Å². The number of hydrogen-bond donors (Lipinski definition) is 1. The van der Waals surface area contributed by atoms with Crippen LogP contribution in [0.2, 0.25) is 0 Å². The zero-order valence-corrected chi connectivity index (χ0v) is 21.7. The quantitative estimate of drug-likeness (QED) is 0.335. The maximum absolute atomic E-state index is 14.8. The second-order valence-corrected chi connectivity index (χ2v) is 10.8. The van der Waals surface area contributed by atoms with Crippen LogP contribution in [0.3, 0.4) is 0 Å². The summed E-state index contributed by atoms with van der Waals surface area (Å²) in [6.45, 7) is 0.581. The third-order valence-electron chi connectivity index (χ3n) is 8.41. The van der Waals surface area contributed by atoms with Crippen molar-refractivity contribution in [2.24, 2.45) is 0 Å². The van der Waals surface area contributed by atoms with Crippen molar-refractivity contribution >= 4 is 11.9 Å². The van der Waals surface area contributed by atoms with E-state index in [1.165, 1.54) is 29.2 Å². The Bertz CT molecular complexity index is 1510. The van der Waals surface area contributed by atoms with Crippen molar-refractivity contribution in [3.05, 3.63) is 105 Å². The van der Waals surface area contributed by atoms with Crippen molar-refractivity contribution in [2.75, 3.05) is 6.54 Å². The number of halogens is 7. The number of rotatable bonds is 5. The molecule has 0 saturated carbocycles. The summed E-state index contributed by atoms with van der Waals surface area (Å²) < 4.78 is 97.7. The van der Waals surface area contributed by atoms with E-state index in [9.17, 15) is 40.3 Å². The molecule has 3 aromatic carbocycles. The lowest BCUT2D eigenvalue weighted by Gasteiger charge is -2.44. The van der Waals surface area contributed by atoms with Crippen LogP contribution in [0.4, 0.5) is 30.7 Å². The third-order valence-corrected chi connectivity index (χ3v) is 8.41. The minimum atomic E-state index is -5.14. The fourth-order valence-corrected chi connectivity index (χ4v) is 6.30. The molecule has 1 aliphatic heterocycles. The molecule has 41 heavy (non-hydrogen) atoms. The van der Waals surface area contributed by atoms with Gasteiger partial charge in [0.1, 0.15) is 23.0 Å². The van der Waals surface area contributed by atoms with Gasteiger partial charge in [0, 0.05) is 23.6 Å². The summed E-state index contributed by atoms with van der Waals surface area (Å²) in [6, 6.07) is 10.1. The number of alkyl halides is 4. The second-order valence-electron chi connectivity index (χ2n) is 10.8. The van der Waals surface area contributed by atoms with Crippen molar-refractivity contribution in [1.82, 2.24) is 4.90 Å². The number of likely N-dealkylation sites (tertiary alicyclic amines) is 1. The van der Waals surface area contributed by atoms with E-state index in [0.717, 1.165) is 6.07 Å². The van der Waals surface area contributed by atoms with E-state index in [2.05, 4.69) is 0 Å². The standard InChI is InChI=1S/C30H24F7NO3/c1-28(34,30(35,36)37)19-5-8-21-17(12-19)4-9-24-29(21,15-16-2-6-20(31)7-3-16)10-11-38(24)26(39)18-13-22(32)25(27(40)41)23(33)14-18/h2-3,5-8,12-14,24H,4,9-11,15H2,1H3,(H,40,41)/t24-,28?,29-/m1/s1. The molecule has 3 aromatic rings. The Morgan fingerprint density at radius 2 is 1.61 bits per heavy atom. The first-order chi connectivity index (χ1) is 19.2. The Morgan fingerprint density at radius 3 is 2.20 bits per heavy atom. The zero-order chi connectivity index (χ0) is 29.9. The summed E-state index contributed by atoms with van der Waals surface area (Å²) in [4.78, 5) is 26.2. The van der Waals surface area contributed by atoms with Crippen LogP contribution in [-0.4, -0.2) is 40.6 Å². The monoisotopic (exact) mass is 579 g/mol.